The average molecular weight is 533 g/mol. The molecule has 4 aromatic rings. The summed E-state index contributed by atoms with van der Waals surface area (Å²) in [6.07, 6.45) is 3.93. The number of ether oxygens (including phenoxy) is 2. The molecule has 170 valence electrons. The molecule has 0 saturated carbocycles. The zero-order chi connectivity index (χ0) is 23.7. The summed E-state index contributed by atoms with van der Waals surface area (Å²) in [6.45, 7) is 0. The minimum Gasteiger partial charge on any atom is -0.493 e. The first kappa shape index (κ1) is 22.4. The maximum atomic E-state index is 13.6. The fourth-order valence-electron chi connectivity index (χ4n) is 3.94. The van der Waals surface area contributed by atoms with Gasteiger partial charge in [0.1, 0.15) is 0 Å². The van der Waals surface area contributed by atoms with Crippen molar-refractivity contribution in [1.29, 1.82) is 0 Å². The van der Waals surface area contributed by atoms with E-state index in [1.54, 1.807) is 18.8 Å². The summed E-state index contributed by atoms with van der Waals surface area (Å²) in [4.78, 5) is 19.1. The van der Waals surface area contributed by atoms with Crippen LogP contribution >= 0.6 is 27.3 Å². The molecule has 1 atom stereocenters. The minimum absolute atomic E-state index is 0.0742. The van der Waals surface area contributed by atoms with E-state index < -0.39 is 0 Å². The number of methoxy groups -OCH3 is 2. The number of hydrogen-bond donors (Lipinski definition) is 0. The van der Waals surface area contributed by atoms with Crippen LogP contribution in [0.5, 0.6) is 11.5 Å². The molecule has 2 heterocycles. The van der Waals surface area contributed by atoms with Gasteiger partial charge in [0.25, 0.3) is 5.56 Å². The average Bonchev–Trinajstić information content (AvgIpc) is 3.19. The first-order chi connectivity index (χ1) is 16.6. The number of halogens is 1. The molecule has 0 fully saturated rings. The van der Waals surface area contributed by atoms with Gasteiger partial charge in [-0.15, -0.1) is 0 Å². The summed E-state index contributed by atoms with van der Waals surface area (Å²) < 4.78 is 14.1. The van der Waals surface area contributed by atoms with Crippen molar-refractivity contribution in [2.75, 3.05) is 14.2 Å². The molecule has 5 nitrogen and oxygen atoms in total. The topological polar surface area (TPSA) is 52.8 Å². The molecular weight excluding hydrogens is 512 g/mol. The Morgan fingerprint density at radius 2 is 1.71 bits per heavy atom. The van der Waals surface area contributed by atoms with Crippen LogP contribution in [0.1, 0.15) is 22.7 Å². The smallest absolute Gasteiger partial charge is 0.271 e. The van der Waals surface area contributed by atoms with Crippen molar-refractivity contribution < 1.29 is 9.47 Å². The maximum Gasteiger partial charge on any atom is 0.271 e. The summed E-state index contributed by atoms with van der Waals surface area (Å²) in [6, 6.07) is 23.4. The summed E-state index contributed by atoms with van der Waals surface area (Å²) in [5.41, 5.74) is 3.67. The van der Waals surface area contributed by atoms with Crippen molar-refractivity contribution >= 4 is 39.0 Å². The molecule has 5 rings (SSSR count). The monoisotopic (exact) mass is 532 g/mol. The number of nitrogens with zero attached hydrogens (tertiary/aromatic N) is 2. The highest BCUT2D eigenvalue weighted by Crippen LogP contribution is 2.29. The Morgan fingerprint density at radius 3 is 2.41 bits per heavy atom. The Bertz CT molecular complexity index is 1550. The lowest BCUT2D eigenvalue weighted by molar-refractivity contribution is 0.355. The first-order valence-corrected chi connectivity index (χ1v) is 12.2. The van der Waals surface area contributed by atoms with E-state index in [0.717, 1.165) is 26.9 Å². The molecule has 0 N–H and O–H groups in total. The Kier molecular flexibility index (Phi) is 6.22. The highest BCUT2D eigenvalue weighted by atomic mass is 79.9. The Hall–Kier alpha value is -3.42. The summed E-state index contributed by atoms with van der Waals surface area (Å²) >= 11 is 4.89. The largest absolute Gasteiger partial charge is 0.493 e. The molecule has 1 aliphatic heterocycles. The normalized spacial score (nSPS) is 15.3. The fourth-order valence-corrected chi connectivity index (χ4v) is 5.22. The quantitative estimate of drug-likeness (QED) is 0.371. The van der Waals surface area contributed by atoms with Crippen molar-refractivity contribution in [3.05, 3.63) is 120 Å². The third-order valence-corrected chi connectivity index (χ3v) is 7.14. The molecule has 0 spiro atoms. The van der Waals surface area contributed by atoms with Crippen LogP contribution < -0.4 is 24.4 Å². The Labute approximate surface area is 209 Å². The van der Waals surface area contributed by atoms with Crippen LogP contribution in [0.4, 0.5) is 0 Å². The van der Waals surface area contributed by atoms with Crippen LogP contribution in [-0.2, 0) is 0 Å². The molecule has 34 heavy (non-hydrogen) atoms. The van der Waals surface area contributed by atoms with E-state index in [2.05, 4.69) is 22.0 Å². The highest BCUT2D eigenvalue weighted by molar-refractivity contribution is 9.10. The zero-order valence-electron chi connectivity index (χ0n) is 18.6. The van der Waals surface area contributed by atoms with Crippen LogP contribution in [0, 0.1) is 0 Å². The predicted octanol–water partition coefficient (Wildman–Crippen LogP) is 4.78. The number of thiazole rings is 1. The molecule has 0 amide bonds. The second-order valence-electron chi connectivity index (χ2n) is 7.71. The van der Waals surface area contributed by atoms with E-state index in [9.17, 15) is 4.79 Å². The van der Waals surface area contributed by atoms with Gasteiger partial charge in [-0.25, -0.2) is 4.99 Å². The predicted molar refractivity (Wildman–Crippen MR) is 139 cm³/mol. The first-order valence-electron chi connectivity index (χ1n) is 10.6. The van der Waals surface area contributed by atoms with Gasteiger partial charge in [0.2, 0.25) is 0 Å². The lowest BCUT2D eigenvalue weighted by Crippen LogP contribution is -2.36. The Balaban J connectivity index is 1.69. The molecule has 1 aliphatic rings. The van der Waals surface area contributed by atoms with Crippen molar-refractivity contribution in [1.82, 2.24) is 4.57 Å². The van der Waals surface area contributed by atoms with Crippen LogP contribution in [0.2, 0.25) is 0 Å². The molecule has 3 aromatic carbocycles. The number of benzene rings is 3. The van der Waals surface area contributed by atoms with Crippen LogP contribution in [0.25, 0.3) is 11.8 Å². The van der Waals surface area contributed by atoms with Gasteiger partial charge >= 0.3 is 0 Å². The molecule has 0 saturated heterocycles. The summed E-state index contributed by atoms with van der Waals surface area (Å²) in [5, 5.41) is 0. The number of rotatable bonds is 5. The van der Waals surface area contributed by atoms with Crippen molar-refractivity contribution in [2.45, 2.75) is 6.04 Å². The van der Waals surface area contributed by atoms with E-state index in [-0.39, 0.29) is 11.6 Å². The number of aromatic nitrogens is 1. The SMILES string of the molecule is COc1ccc(C=c2sc3n(c2=O)C(c2ccc(Br)cc2)C=C(c2ccccc2)N=3)cc1OC. The molecule has 1 unspecified atom stereocenters. The lowest BCUT2D eigenvalue weighted by Gasteiger charge is -2.19. The van der Waals surface area contributed by atoms with Crippen molar-refractivity contribution in [3.8, 4) is 11.5 Å². The van der Waals surface area contributed by atoms with Gasteiger partial charge in [-0.2, -0.15) is 0 Å². The van der Waals surface area contributed by atoms with Crippen molar-refractivity contribution in [2.24, 2.45) is 4.99 Å². The molecule has 7 heteroatoms. The molecular formula is C27H21BrN2O3S. The van der Waals surface area contributed by atoms with Crippen LogP contribution in [-0.4, -0.2) is 18.8 Å². The van der Waals surface area contributed by atoms with E-state index in [1.165, 1.54) is 11.3 Å². The highest BCUT2D eigenvalue weighted by Gasteiger charge is 2.22. The van der Waals surface area contributed by atoms with E-state index in [0.29, 0.717) is 20.8 Å². The second-order valence-corrected chi connectivity index (χ2v) is 9.63. The molecule has 0 bridgehead atoms. The van der Waals surface area contributed by atoms with Gasteiger partial charge in [-0.05, 0) is 53.1 Å². The van der Waals surface area contributed by atoms with Crippen molar-refractivity contribution in [3.63, 3.8) is 0 Å². The van der Waals surface area contributed by atoms with Crippen LogP contribution in [0.3, 0.4) is 0 Å². The van der Waals surface area contributed by atoms with Gasteiger partial charge < -0.3 is 9.47 Å². The molecule has 0 radical (unpaired) electrons. The Morgan fingerprint density at radius 1 is 0.971 bits per heavy atom. The standard InChI is InChI=1S/C27H21BrN2O3S/c1-32-23-13-8-17(14-24(23)33-2)15-25-26(31)30-22(19-9-11-20(28)12-10-19)16-21(29-27(30)34-25)18-6-4-3-5-7-18/h3-16,22H,1-2H3. The van der Waals surface area contributed by atoms with E-state index in [1.807, 2.05) is 78.9 Å². The second kappa shape index (κ2) is 9.44. The van der Waals surface area contributed by atoms with Gasteiger partial charge in [-0.3, -0.25) is 9.36 Å². The third kappa shape index (κ3) is 4.24. The third-order valence-electron chi connectivity index (χ3n) is 5.63. The summed E-state index contributed by atoms with van der Waals surface area (Å²) in [5.74, 6) is 1.26. The van der Waals surface area contributed by atoms with E-state index >= 15 is 0 Å². The zero-order valence-corrected chi connectivity index (χ0v) is 21.0. The number of allylic oxidation sites excluding steroid dienone is 1. The van der Waals surface area contributed by atoms with Crippen LogP contribution in [0.15, 0.2) is 93.1 Å². The number of hydrogen-bond acceptors (Lipinski definition) is 5. The van der Waals surface area contributed by atoms with Gasteiger partial charge in [0.05, 0.1) is 30.5 Å². The van der Waals surface area contributed by atoms with E-state index in [4.69, 9.17) is 14.5 Å². The van der Waals surface area contributed by atoms with Gasteiger partial charge in [-0.1, -0.05) is 75.8 Å². The maximum absolute atomic E-state index is 13.6. The minimum atomic E-state index is -0.257. The summed E-state index contributed by atoms with van der Waals surface area (Å²) in [7, 11) is 3.20. The lowest BCUT2D eigenvalue weighted by atomic mass is 10.0. The molecule has 0 aliphatic carbocycles. The number of fused-ring (bicyclic) bond motifs is 1. The fraction of sp³-hybridized carbons (Fsp3) is 0.111. The van der Waals surface area contributed by atoms with Gasteiger partial charge in [0, 0.05) is 4.47 Å². The molecule has 1 aromatic heterocycles. The van der Waals surface area contributed by atoms with Gasteiger partial charge in [0.15, 0.2) is 16.3 Å².